The van der Waals surface area contributed by atoms with E-state index in [1.807, 2.05) is 0 Å². The van der Waals surface area contributed by atoms with E-state index in [9.17, 15) is 15.0 Å². The Morgan fingerprint density at radius 1 is 0.508 bits per heavy atom. The number of fused-ring (bicyclic) bond motifs is 14. The molecule has 2 N–H and O–H groups in total. The average Bonchev–Trinajstić information content (AvgIpc) is 3.20. The van der Waals surface area contributed by atoms with E-state index < -0.39 is 16.8 Å². The molecule has 8 saturated carbocycles. The summed E-state index contributed by atoms with van der Waals surface area (Å²) in [5.41, 5.74) is 2.87. The molecule has 0 aromatic rings. The van der Waals surface area contributed by atoms with Crippen molar-refractivity contribution in [1.29, 1.82) is 0 Å². The minimum atomic E-state index is -0.609. The summed E-state index contributed by atoms with van der Waals surface area (Å²) in [6.07, 6.45) is 25.6. The van der Waals surface area contributed by atoms with Crippen LogP contribution in [0.3, 0.4) is 0 Å². The van der Waals surface area contributed by atoms with Crippen LogP contribution in [0, 0.1) is 100 Å². The average molecular weight is 895 g/mol. The number of carboxylic acids is 1. The Hall–Kier alpha value is -1.62. The molecule has 8 fully saturated rings. The van der Waals surface area contributed by atoms with Crippen molar-refractivity contribution in [1.82, 2.24) is 0 Å². The maximum atomic E-state index is 15.6. The fourth-order valence-corrected chi connectivity index (χ4v) is 21.7. The van der Waals surface area contributed by atoms with E-state index in [0.717, 1.165) is 116 Å². The van der Waals surface area contributed by atoms with Gasteiger partial charge in [-0.05, 0) is 213 Å². The summed E-state index contributed by atoms with van der Waals surface area (Å²) in [5.74, 6) is 2.05. The van der Waals surface area contributed by atoms with Crippen molar-refractivity contribution in [2.45, 2.75) is 238 Å². The van der Waals surface area contributed by atoms with Crippen LogP contribution in [0.15, 0.2) is 23.3 Å². The smallest absolute Gasteiger partial charge is 0.312 e. The summed E-state index contributed by atoms with van der Waals surface area (Å²) in [6, 6.07) is 0. The van der Waals surface area contributed by atoms with E-state index in [-0.39, 0.29) is 84.2 Å². The van der Waals surface area contributed by atoms with Gasteiger partial charge >= 0.3 is 11.9 Å². The molecule has 5 heteroatoms. The second kappa shape index (κ2) is 14.0. The molecule has 5 nitrogen and oxygen atoms in total. The quantitative estimate of drug-likeness (QED) is 0.218. The van der Waals surface area contributed by atoms with E-state index in [1.165, 1.54) is 18.4 Å². The Morgan fingerprint density at radius 3 is 1.45 bits per heavy atom. The summed E-state index contributed by atoms with van der Waals surface area (Å²) in [4.78, 5) is 28.9. The SMILES string of the molecule is CC1(C)CC[C@]2(C(=O)O[C@H]3CC[C@]4(C)[C@H]5CC=C6[C@@H]7CC(C)(C)CC[C@]7(C(=O)O)CC[C@@]6(C)[C@]5(C)CC[C@H]4C3(C)C)CC[C@]3(C)C(=CCC4[C@@]5(C)CC[C@@H](O)C(C)(C)C5CC[C@]43C)[C@H]2C1. The number of hydrogen-bond acceptors (Lipinski definition) is 4. The van der Waals surface area contributed by atoms with Crippen molar-refractivity contribution < 1.29 is 24.5 Å². The summed E-state index contributed by atoms with van der Waals surface area (Å²) < 4.78 is 7.25. The number of hydrogen-bond donors (Lipinski definition) is 2. The number of carbonyl (C=O) groups excluding carboxylic acids is 1. The van der Waals surface area contributed by atoms with Gasteiger partial charge in [-0.15, -0.1) is 0 Å². The van der Waals surface area contributed by atoms with Crippen LogP contribution in [-0.2, 0) is 14.3 Å². The van der Waals surface area contributed by atoms with Gasteiger partial charge in [0, 0.05) is 5.41 Å². The van der Waals surface area contributed by atoms with Gasteiger partial charge in [-0.2, -0.15) is 0 Å². The van der Waals surface area contributed by atoms with Gasteiger partial charge in [0.2, 0.25) is 0 Å². The molecule has 0 aromatic heterocycles. The number of aliphatic hydroxyl groups excluding tert-OH is 1. The third-order valence-electron chi connectivity index (χ3n) is 26.3. The van der Waals surface area contributed by atoms with E-state index >= 15 is 4.79 Å². The highest BCUT2D eigenvalue weighted by Crippen LogP contribution is 2.78. The van der Waals surface area contributed by atoms with Crippen LogP contribution >= 0.6 is 0 Å². The minimum Gasteiger partial charge on any atom is -0.481 e. The first kappa shape index (κ1) is 47.1. The second-order valence-electron chi connectivity index (χ2n) is 30.2. The monoisotopic (exact) mass is 895 g/mol. The molecule has 65 heavy (non-hydrogen) atoms. The normalized spacial score (nSPS) is 53.3. The van der Waals surface area contributed by atoms with Crippen LogP contribution in [-0.4, -0.2) is 34.4 Å². The molecule has 10 aliphatic carbocycles. The first-order valence-corrected chi connectivity index (χ1v) is 27.5. The Morgan fingerprint density at radius 2 is 0.938 bits per heavy atom. The lowest BCUT2D eigenvalue weighted by Gasteiger charge is -2.71. The lowest BCUT2D eigenvalue weighted by atomic mass is 9.33. The third kappa shape index (κ3) is 5.90. The van der Waals surface area contributed by atoms with Gasteiger partial charge in [0.1, 0.15) is 6.10 Å². The maximum Gasteiger partial charge on any atom is 0.312 e. The van der Waals surface area contributed by atoms with Crippen LogP contribution in [0.4, 0.5) is 0 Å². The number of aliphatic hydroxyl groups is 1. The van der Waals surface area contributed by atoms with Gasteiger partial charge in [0.25, 0.3) is 0 Å². The molecule has 16 atom stereocenters. The van der Waals surface area contributed by atoms with E-state index in [0.29, 0.717) is 23.7 Å². The molecular formula is C60H94O5. The molecule has 0 amide bonds. The van der Waals surface area contributed by atoms with Gasteiger partial charge in [-0.3, -0.25) is 9.59 Å². The molecule has 2 unspecified atom stereocenters. The first-order valence-electron chi connectivity index (χ1n) is 27.5. The largest absolute Gasteiger partial charge is 0.481 e. The highest BCUT2D eigenvalue weighted by molar-refractivity contribution is 5.79. The Kier molecular flexibility index (Phi) is 10.2. The van der Waals surface area contributed by atoms with Gasteiger partial charge in [-0.25, -0.2) is 0 Å². The van der Waals surface area contributed by atoms with Crippen molar-refractivity contribution in [2.24, 2.45) is 100 Å². The highest BCUT2D eigenvalue weighted by atomic mass is 16.5. The van der Waals surface area contributed by atoms with Crippen LogP contribution < -0.4 is 0 Å². The molecule has 0 aromatic carbocycles. The van der Waals surface area contributed by atoms with E-state index in [2.05, 4.69) is 109 Å². The van der Waals surface area contributed by atoms with Gasteiger partial charge in [-0.1, -0.05) is 120 Å². The molecule has 0 saturated heterocycles. The number of aliphatic carboxylic acids is 1. The standard InChI is InChI=1S/C60H94O5/c1-49(2)27-31-59(47(62)63)33-29-55(11)37(39(59)35-49)15-17-44-54(10)24-22-46(52(7,8)42(54)20-26-58(44,55)14)65-48(64)60-32-28-50(3,4)36-40(60)38-16-18-43-53(9)23-21-45(61)51(5,6)41(53)19-25-57(43,13)56(38,12)30-34-60/h15-16,39-46,61H,17-36H2,1-14H3,(H,62,63)/t39-,40+,41?,42-,43?,44+,45+,46-,53-,54-,55+,56+,57+,58+,59-,60-/m0/s1. The summed E-state index contributed by atoms with van der Waals surface area (Å²) in [7, 11) is 0. The molecule has 0 spiro atoms. The topological polar surface area (TPSA) is 83.8 Å². The van der Waals surface area contributed by atoms with Crippen LogP contribution in [0.1, 0.15) is 225 Å². The molecule has 0 radical (unpaired) electrons. The highest BCUT2D eigenvalue weighted by Gasteiger charge is 2.72. The summed E-state index contributed by atoms with van der Waals surface area (Å²) in [6.45, 7) is 35.0. The maximum absolute atomic E-state index is 15.6. The molecule has 0 aliphatic heterocycles. The fraction of sp³-hybridized carbons (Fsp3) is 0.900. The van der Waals surface area contributed by atoms with E-state index in [4.69, 9.17) is 4.74 Å². The number of ether oxygens (including phenoxy) is 1. The molecule has 0 bridgehead atoms. The summed E-state index contributed by atoms with van der Waals surface area (Å²) >= 11 is 0. The number of rotatable bonds is 3. The molecule has 10 rings (SSSR count). The third-order valence-corrected chi connectivity index (χ3v) is 26.3. The number of carboxylic acid groups (broad SMARTS) is 1. The lowest BCUT2D eigenvalue weighted by Crippen LogP contribution is -2.66. The molecule has 10 aliphatic rings. The Balaban J connectivity index is 0.927. The number of carbonyl (C=O) groups is 2. The lowest BCUT2D eigenvalue weighted by molar-refractivity contribution is -0.224. The molecule has 364 valence electrons. The van der Waals surface area contributed by atoms with Crippen LogP contribution in [0.25, 0.3) is 0 Å². The van der Waals surface area contributed by atoms with Gasteiger partial charge in [0.15, 0.2) is 0 Å². The predicted octanol–water partition coefficient (Wildman–Crippen LogP) is 14.9. The second-order valence-corrected chi connectivity index (χ2v) is 30.2. The van der Waals surface area contributed by atoms with E-state index in [1.54, 1.807) is 5.57 Å². The van der Waals surface area contributed by atoms with Crippen molar-refractivity contribution in [2.75, 3.05) is 0 Å². The van der Waals surface area contributed by atoms with Crippen LogP contribution in [0.2, 0.25) is 0 Å². The van der Waals surface area contributed by atoms with Crippen molar-refractivity contribution in [3.05, 3.63) is 23.3 Å². The summed E-state index contributed by atoms with van der Waals surface area (Å²) in [5, 5.41) is 22.1. The predicted molar refractivity (Wildman–Crippen MR) is 262 cm³/mol. The Bertz CT molecular complexity index is 2070. The minimum absolute atomic E-state index is 0.00419. The van der Waals surface area contributed by atoms with Crippen molar-refractivity contribution in [3.63, 3.8) is 0 Å². The fourth-order valence-electron chi connectivity index (χ4n) is 21.7. The van der Waals surface area contributed by atoms with Gasteiger partial charge < -0.3 is 14.9 Å². The zero-order valence-corrected chi connectivity index (χ0v) is 44.0. The number of esters is 1. The van der Waals surface area contributed by atoms with Crippen molar-refractivity contribution >= 4 is 11.9 Å². The molecular weight excluding hydrogens is 801 g/mol. The molecule has 0 heterocycles. The zero-order chi connectivity index (χ0) is 47.2. The number of allylic oxidation sites excluding steroid dienone is 4. The first-order chi connectivity index (χ1) is 29.9. The Labute approximate surface area is 396 Å². The zero-order valence-electron chi connectivity index (χ0n) is 44.0. The van der Waals surface area contributed by atoms with Crippen LogP contribution in [0.5, 0.6) is 0 Å². The van der Waals surface area contributed by atoms with Crippen molar-refractivity contribution in [3.8, 4) is 0 Å². The van der Waals surface area contributed by atoms with Gasteiger partial charge in [0.05, 0.1) is 16.9 Å².